The van der Waals surface area contributed by atoms with Gasteiger partial charge < -0.3 is 15.8 Å². The summed E-state index contributed by atoms with van der Waals surface area (Å²) in [5, 5.41) is 2.71. The molecule has 2 aromatic carbocycles. The average molecular weight is 495 g/mol. The molecule has 2 heterocycles. The zero-order chi connectivity index (χ0) is 25.0. The predicted molar refractivity (Wildman–Crippen MR) is 131 cm³/mol. The number of nitrogens with one attached hydrogen (secondary N) is 1. The third-order valence-electron chi connectivity index (χ3n) is 5.78. The second-order valence-electron chi connectivity index (χ2n) is 8.32. The summed E-state index contributed by atoms with van der Waals surface area (Å²) < 4.78 is 33.4. The molecular weight excluding hydrogens is 468 g/mol. The summed E-state index contributed by atoms with van der Waals surface area (Å²) in [6.07, 6.45) is 4.07. The number of rotatable bonds is 7. The Hall–Kier alpha value is -3.76. The minimum Gasteiger partial charge on any atom is -0.439 e. The molecule has 1 aromatic heterocycles. The van der Waals surface area contributed by atoms with E-state index in [-0.39, 0.29) is 22.4 Å². The zero-order valence-electron chi connectivity index (χ0n) is 19.2. The smallest absolute Gasteiger partial charge is 0.255 e. The van der Waals surface area contributed by atoms with Gasteiger partial charge in [0.05, 0.1) is 16.8 Å². The first-order valence-electron chi connectivity index (χ1n) is 11.2. The van der Waals surface area contributed by atoms with Crippen molar-refractivity contribution in [3.05, 3.63) is 78.0 Å². The molecule has 1 aliphatic heterocycles. The lowest BCUT2D eigenvalue weighted by atomic mass is 10.1. The van der Waals surface area contributed by atoms with Crippen molar-refractivity contribution in [2.45, 2.75) is 37.1 Å². The fraction of sp³-hybridized carbons (Fsp3) is 0.240. The summed E-state index contributed by atoms with van der Waals surface area (Å²) in [6, 6.07) is 15.5. The van der Waals surface area contributed by atoms with Crippen LogP contribution in [0.15, 0.2) is 71.8 Å². The highest BCUT2D eigenvalue weighted by atomic mass is 32.2. The molecule has 182 valence electrons. The van der Waals surface area contributed by atoms with E-state index in [0.29, 0.717) is 23.5 Å². The molecule has 1 saturated heterocycles. The SMILES string of the molecule is CC1CCCCN1S(=O)(=O)c1cccc(C(=O)Nc2ccc(Oc3cccc(C(N)=O)c3)nc2)c1. The largest absolute Gasteiger partial charge is 0.439 e. The molecule has 35 heavy (non-hydrogen) atoms. The lowest BCUT2D eigenvalue weighted by molar-refractivity contribution is 0.0997. The summed E-state index contributed by atoms with van der Waals surface area (Å²) in [6.45, 7) is 2.38. The third kappa shape index (κ3) is 5.67. The topological polar surface area (TPSA) is 132 Å². The Morgan fingerprint density at radius 2 is 1.83 bits per heavy atom. The summed E-state index contributed by atoms with van der Waals surface area (Å²) >= 11 is 0. The number of benzene rings is 2. The van der Waals surface area contributed by atoms with Gasteiger partial charge in [-0.25, -0.2) is 13.4 Å². The first-order valence-corrected chi connectivity index (χ1v) is 12.6. The molecule has 1 unspecified atom stereocenters. The number of carbonyl (C=O) groups is 2. The van der Waals surface area contributed by atoms with Crippen LogP contribution in [0.4, 0.5) is 5.69 Å². The van der Waals surface area contributed by atoms with Crippen LogP contribution in [0.1, 0.15) is 46.9 Å². The maximum absolute atomic E-state index is 13.1. The Morgan fingerprint density at radius 3 is 2.54 bits per heavy atom. The second kappa shape index (κ2) is 10.2. The maximum Gasteiger partial charge on any atom is 0.255 e. The van der Waals surface area contributed by atoms with Crippen molar-refractivity contribution >= 4 is 27.5 Å². The van der Waals surface area contributed by atoms with E-state index in [2.05, 4.69) is 10.3 Å². The van der Waals surface area contributed by atoms with Gasteiger partial charge in [-0.05, 0) is 62.2 Å². The van der Waals surface area contributed by atoms with E-state index < -0.39 is 21.8 Å². The average Bonchev–Trinajstić information content (AvgIpc) is 2.85. The lowest BCUT2D eigenvalue weighted by Crippen LogP contribution is -2.41. The van der Waals surface area contributed by atoms with Crippen molar-refractivity contribution in [2.75, 3.05) is 11.9 Å². The van der Waals surface area contributed by atoms with E-state index in [1.807, 2.05) is 6.92 Å². The van der Waals surface area contributed by atoms with E-state index in [1.165, 1.54) is 28.7 Å². The zero-order valence-corrected chi connectivity index (χ0v) is 20.0. The van der Waals surface area contributed by atoms with E-state index in [9.17, 15) is 18.0 Å². The summed E-state index contributed by atoms with van der Waals surface area (Å²) in [5.74, 6) is -0.373. The molecule has 2 amide bonds. The van der Waals surface area contributed by atoms with Crippen molar-refractivity contribution in [3.63, 3.8) is 0 Å². The molecule has 10 heteroatoms. The van der Waals surface area contributed by atoms with Gasteiger partial charge in [0.2, 0.25) is 21.8 Å². The van der Waals surface area contributed by atoms with Crippen LogP contribution in [-0.4, -0.2) is 42.1 Å². The van der Waals surface area contributed by atoms with Crippen LogP contribution in [-0.2, 0) is 10.0 Å². The number of hydrogen-bond acceptors (Lipinski definition) is 6. The number of amides is 2. The van der Waals surface area contributed by atoms with Gasteiger partial charge in [0.1, 0.15) is 5.75 Å². The van der Waals surface area contributed by atoms with Crippen molar-refractivity contribution in [2.24, 2.45) is 5.73 Å². The summed E-state index contributed by atoms with van der Waals surface area (Å²) in [4.78, 5) is 28.4. The van der Waals surface area contributed by atoms with Crippen molar-refractivity contribution in [1.29, 1.82) is 0 Å². The highest BCUT2D eigenvalue weighted by Gasteiger charge is 2.31. The van der Waals surface area contributed by atoms with E-state index in [4.69, 9.17) is 10.5 Å². The number of carbonyl (C=O) groups excluding carboxylic acids is 2. The van der Waals surface area contributed by atoms with Crippen LogP contribution >= 0.6 is 0 Å². The van der Waals surface area contributed by atoms with Crippen LogP contribution in [0.5, 0.6) is 11.6 Å². The first kappa shape index (κ1) is 24.4. The molecular formula is C25H26N4O5S. The minimum atomic E-state index is -3.69. The molecule has 0 radical (unpaired) electrons. The minimum absolute atomic E-state index is 0.0729. The Kier molecular flexibility index (Phi) is 7.13. The van der Waals surface area contributed by atoms with Gasteiger partial charge in [-0.2, -0.15) is 4.31 Å². The van der Waals surface area contributed by atoms with Gasteiger partial charge >= 0.3 is 0 Å². The number of nitrogens with zero attached hydrogens (tertiary/aromatic N) is 2. The van der Waals surface area contributed by atoms with Crippen molar-refractivity contribution in [3.8, 4) is 11.6 Å². The number of nitrogens with two attached hydrogens (primary N) is 1. The standard InChI is InChI=1S/C25H26N4O5S/c1-17-6-2-3-13-29(17)35(32,33)22-10-5-8-19(15-22)25(31)28-20-11-12-23(27-16-20)34-21-9-4-7-18(14-21)24(26)30/h4-5,7-12,14-17H,2-3,6,13H2,1H3,(H2,26,30)(H,28,31). The Morgan fingerprint density at radius 1 is 1.06 bits per heavy atom. The molecule has 1 fully saturated rings. The molecule has 0 spiro atoms. The fourth-order valence-corrected chi connectivity index (χ4v) is 5.66. The number of sulfonamides is 1. The van der Waals surface area contributed by atoms with Crippen molar-refractivity contribution < 1.29 is 22.7 Å². The third-order valence-corrected chi connectivity index (χ3v) is 7.79. The van der Waals surface area contributed by atoms with Gasteiger partial charge in [-0.15, -0.1) is 0 Å². The number of piperidine rings is 1. The van der Waals surface area contributed by atoms with Gasteiger partial charge in [0, 0.05) is 29.8 Å². The summed E-state index contributed by atoms with van der Waals surface area (Å²) in [7, 11) is -3.69. The molecule has 4 rings (SSSR count). The predicted octanol–water partition coefficient (Wildman–Crippen LogP) is 3.79. The molecule has 9 nitrogen and oxygen atoms in total. The number of anilines is 1. The van der Waals surface area contributed by atoms with Crippen LogP contribution in [0.2, 0.25) is 0 Å². The molecule has 1 atom stereocenters. The van der Waals surface area contributed by atoms with Gasteiger partial charge in [0.25, 0.3) is 5.91 Å². The van der Waals surface area contributed by atoms with E-state index in [1.54, 1.807) is 42.5 Å². The van der Waals surface area contributed by atoms with Gasteiger partial charge in [-0.1, -0.05) is 18.6 Å². The van der Waals surface area contributed by atoms with Crippen LogP contribution in [0.3, 0.4) is 0 Å². The van der Waals surface area contributed by atoms with Crippen LogP contribution in [0.25, 0.3) is 0 Å². The van der Waals surface area contributed by atoms with Gasteiger partial charge in [0.15, 0.2) is 0 Å². The maximum atomic E-state index is 13.1. The fourth-order valence-electron chi connectivity index (χ4n) is 3.91. The van der Waals surface area contributed by atoms with Crippen LogP contribution < -0.4 is 15.8 Å². The van der Waals surface area contributed by atoms with Crippen molar-refractivity contribution in [1.82, 2.24) is 9.29 Å². The Balaban J connectivity index is 1.45. The number of pyridine rings is 1. The Labute approximate surface area is 204 Å². The quantitative estimate of drug-likeness (QED) is 0.514. The highest BCUT2D eigenvalue weighted by molar-refractivity contribution is 7.89. The second-order valence-corrected chi connectivity index (χ2v) is 10.2. The highest BCUT2D eigenvalue weighted by Crippen LogP contribution is 2.26. The van der Waals surface area contributed by atoms with E-state index in [0.717, 1.165) is 19.3 Å². The molecule has 3 N–H and O–H groups in total. The Bertz CT molecular complexity index is 1340. The molecule has 0 aliphatic carbocycles. The molecule has 3 aromatic rings. The number of ether oxygens (including phenoxy) is 1. The van der Waals surface area contributed by atoms with E-state index >= 15 is 0 Å². The molecule has 0 bridgehead atoms. The monoisotopic (exact) mass is 494 g/mol. The van der Waals surface area contributed by atoms with Crippen LogP contribution in [0, 0.1) is 0 Å². The molecule has 1 aliphatic rings. The number of aromatic nitrogens is 1. The normalized spacial score (nSPS) is 16.4. The van der Waals surface area contributed by atoms with Gasteiger partial charge in [-0.3, -0.25) is 9.59 Å². The number of hydrogen-bond donors (Lipinski definition) is 2. The lowest BCUT2D eigenvalue weighted by Gasteiger charge is -2.32. The molecule has 0 saturated carbocycles. The summed E-state index contributed by atoms with van der Waals surface area (Å²) in [5.41, 5.74) is 6.22. The first-order chi connectivity index (χ1) is 16.7. The number of primary amides is 1.